The molecule has 0 saturated carbocycles. The van der Waals surface area contributed by atoms with Crippen molar-refractivity contribution in [3.8, 4) is 18.4 Å². The van der Waals surface area contributed by atoms with Gasteiger partial charge in [0.15, 0.2) is 5.69 Å². The number of aromatic nitrogens is 2. The topological polar surface area (TPSA) is 90.9 Å². The molecule has 1 rings (SSSR count). The molecule has 20 heavy (non-hydrogen) atoms. The van der Waals surface area contributed by atoms with E-state index in [4.69, 9.17) is 11.7 Å². The first-order chi connectivity index (χ1) is 9.17. The molecule has 1 amide bonds. The first kappa shape index (κ1) is 16.0. The van der Waals surface area contributed by atoms with E-state index >= 15 is 0 Å². The first-order valence-electron chi connectivity index (χ1n) is 4.82. The Morgan fingerprint density at radius 2 is 2.25 bits per heavy atom. The largest absolute Gasteiger partial charge is 0.436 e. The number of halogens is 4. The van der Waals surface area contributed by atoms with Gasteiger partial charge in [0.25, 0.3) is 5.91 Å². The number of carbonyl (C=O) groups excluding carboxylic acids is 1. The van der Waals surface area contributed by atoms with Crippen LogP contribution in [0.15, 0.2) is 6.20 Å². The molecular formula is C10H6BrF3N4O2. The average Bonchev–Trinajstić information content (AvgIpc) is 2.80. The van der Waals surface area contributed by atoms with E-state index in [-0.39, 0.29) is 5.33 Å². The molecule has 1 unspecified atom stereocenters. The maximum Gasteiger partial charge on any atom is 0.436 e. The van der Waals surface area contributed by atoms with Gasteiger partial charge in [-0.25, -0.2) is 5.43 Å². The number of hydrogen-bond donors (Lipinski definition) is 2. The van der Waals surface area contributed by atoms with Gasteiger partial charge >= 0.3 is 6.18 Å². The summed E-state index contributed by atoms with van der Waals surface area (Å²) in [5, 5.41) is 20.9. The smallest absolute Gasteiger partial charge is 0.369 e. The maximum atomic E-state index is 12.5. The Morgan fingerprint density at radius 1 is 1.65 bits per heavy atom. The zero-order valence-electron chi connectivity index (χ0n) is 9.57. The molecule has 10 heteroatoms. The van der Waals surface area contributed by atoms with Gasteiger partial charge < -0.3 is 5.11 Å². The van der Waals surface area contributed by atoms with Gasteiger partial charge in [0.1, 0.15) is 11.6 Å². The van der Waals surface area contributed by atoms with E-state index < -0.39 is 28.9 Å². The van der Waals surface area contributed by atoms with Gasteiger partial charge in [-0.05, 0) is 0 Å². The van der Waals surface area contributed by atoms with Crippen molar-refractivity contribution < 1.29 is 23.1 Å². The normalized spacial score (nSPS) is 13.9. The van der Waals surface area contributed by atoms with E-state index in [1.54, 1.807) is 5.92 Å². The van der Waals surface area contributed by atoms with Crippen LogP contribution in [0, 0.1) is 23.7 Å². The molecule has 0 radical (unpaired) electrons. The summed E-state index contributed by atoms with van der Waals surface area (Å²) in [6, 6.07) is 1.30. The molecule has 1 heterocycles. The molecule has 0 bridgehead atoms. The van der Waals surface area contributed by atoms with E-state index in [0.717, 1.165) is 0 Å². The number of hydrogen-bond acceptors (Lipinski definition) is 4. The molecule has 0 spiro atoms. The van der Waals surface area contributed by atoms with Crippen LogP contribution in [0.1, 0.15) is 11.3 Å². The summed E-state index contributed by atoms with van der Waals surface area (Å²) in [5.74, 6) is 0.613. The number of terminal acetylenes is 1. The van der Waals surface area contributed by atoms with Crippen molar-refractivity contribution in [2.75, 3.05) is 10.8 Å². The number of aliphatic hydroxyl groups is 1. The Morgan fingerprint density at radius 3 is 2.60 bits per heavy atom. The van der Waals surface area contributed by atoms with E-state index in [1.165, 1.54) is 6.07 Å². The predicted molar refractivity (Wildman–Crippen MR) is 63.9 cm³/mol. The highest BCUT2D eigenvalue weighted by Gasteiger charge is 2.38. The zero-order chi connectivity index (χ0) is 15.6. The zero-order valence-corrected chi connectivity index (χ0v) is 11.2. The van der Waals surface area contributed by atoms with Crippen LogP contribution in [-0.4, -0.2) is 31.8 Å². The Bertz CT molecular complexity index is 613. The molecule has 0 aromatic carbocycles. The Kier molecular flexibility index (Phi) is 4.43. The molecule has 1 atom stereocenters. The first-order valence-corrected chi connectivity index (χ1v) is 5.94. The lowest BCUT2D eigenvalue weighted by atomic mass is 10.1. The van der Waals surface area contributed by atoms with E-state index in [1.807, 2.05) is 5.43 Å². The summed E-state index contributed by atoms with van der Waals surface area (Å²) in [6.45, 7) is 0. The molecule has 0 saturated heterocycles. The fraction of sp³-hybridized carbons (Fsp3) is 0.300. The van der Waals surface area contributed by atoms with Crippen LogP contribution in [0.5, 0.6) is 0 Å². The third kappa shape index (κ3) is 3.10. The fourth-order valence-electron chi connectivity index (χ4n) is 1.08. The number of carbonyl (C=O) groups is 1. The Hall–Kier alpha value is -2.04. The van der Waals surface area contributed by atoms with E-state index in [2.05, 4.69) is 21.0 Å². The molecule has 0 aliphatic rings. The fourth-order valence-corrected chi connectivity index (χ4v) is 1.50. The van der Waals surface area contributed by atoms with Gasteiger partial charge in [-0.1, -0.05) is 21.9 Å². The lowest BCUT2D eigenvalue weighted by Crippen LogP contribution is -2.46. The van der Waals surface area contributed by atoms with Gasteiger partial charge in [0, 0.05) is 0 Å². The quantitative estimate of drug-likeness (QED) is 0.617. The van der Waals surface area contributed by atoms with Crippen molar-refractivity contribution in [3.63, 3.8) is 0 Å². The predicted octanol–water partition coefficient (Wildman–Crippen LogP) is 0.603. The number of rotatable bonds is 3. The number of nitrogens with zero attached hydrogens (tertiary/aromatic N) is 3. The Balaban J connectivity index is 3.08. The summed E-state index contributed by atoms with van der Waals surface area (Å²) in [7, 11) is 0. The molecule has 6 nitrogen and oxygen atoms in total. The molecule has 0 aliphatic heterocycles. The van der Waals surface area contributed by atoms with Crippen molar-refractivity contribution in [1.29, 1.82) is 5.26 Å². The standard InChI is InChI=1S/C10H6BrF3N4O2/c1-2-9(20,5-11)8(19)17-18-4-6(3-15)7(16-18)10(12,13)14/h1,4,20H,5H2,(H,17,19). The highest BCUT2D eigenvalue weighted by molar-refractivity contribution is 9.09. The Labute approximate surface area is 119 Å². The van der Waals surface area contributed by atoms with Crippen LogP contribution >= 0.6 is 15.9 Å². The summed E-state index contributed by atoms with van der Waals surface area (Å²) < 4.78 is 37.6. The lowest BCUT2D eigenvalue weighted by molar-refractivity contribution is -0.141. The highest BCUT2D eigenvalue weighted by atomic mass is 79.9. The van der Waals surface area contributed by atoms with E-state index in [9.17, 15) is 23.1 Å². The molecular weight excluding hydrogens is 345 g/mol. The van der Waals surface area contributed by atoms with Crippen molar-refractivity contribution in [3.05, 3.63) is 17.5 Å². The number of nitriles is 1. The van der Waals surface area contributed by atoms with Crippen LogP contribution in [-0.2, 0) is 11.0 Å². The van der Waals surface area contributed by atoms with Gasteiger partial charge in [0.05, 0.1) is 11.5 Å². The summed E-state index contributed by atoms with van der Waals surface area (Å²) >= 11 is 2.80. The average molecular weight is 351 g/mol. The highest BCUT2D eigenvalue weighted by Crippen LogP contribution is 2.30. The van der Waals surface area contributed by atoms with Crippen LogP contribution in [0.2, 0.25) is 0 Å². The van der Waals surface area contributed by atoms with Crippen LogP contribution in [0.25, 0.3) is 0 Å². The molecule has 1 aromatic rings. The van der Waals surface area contributed by atoms with Gasteiger partial charge in [-0.3, -0.25) is 4.79 Å². The molecule has 1 aromatic heterocycles. The minimum absolute atomic E-state index is 0.333. The second-order valence-electron chi connectivity index (χ2n) is 3.52. The third-order valence-corrected chi connectivity index (χ3v) is 2.94. The number of nitrogens with one attached hydrogen (secondary N) is 1. The number of alkyl halides is 4. The second-order valence-corrected chi connectivity index (χ2v) is 4.09. The summed E-state index contributed by atoms with van der Waals surface area (Å²) in [4.78, 5) is 12.0. The van der Waals surface area contributed by atoms with Crippen molar-refractivity contribution in [1.82, 2.24) is 9.89 Å². The molecule has 106 valence electrons. The minimum Gasteiger partial charge on any atom is -0.369 e. The maximum absolute atomic E-state index is 12.5. The van der Waals surface area contributed by atoms with Gasteiger partial charge in [-0.2, -0.15) is 23.2 Å². The van der Waals surface area contributed by atoms with Gasteiger partial charge in [-0.15, -0.1) is 11.5 Å². The lowest BCUT2D eigenvalue weighted by Gasteiger charge is -2.17. The van der Waals surface area contributed by atoms with E-state index in [0.29, 0.717) is 11.0 Å². The van der Waals surface area contributed by atoms with Crippen LogP contribution in [0.4, 0.5) is 13.2 Å². The molecule has 0 fully saturated rings. The van der Waals surface area contributed by atoms with Crippen LogP contribution < -0.4 is 5.43 Å². The molecule has 2 N–H and O–H groups in total. The summed E-state index contributed by atoms with van der Waals surface area (Å²) in [5.41, 5.74) is -2.64. The number of amides is 1. The SMILES string of the molecule is C#CC(O)(CBr)C(=O)Nn1cc(C#N)c(C(F)(F)F)n1. The van der Waals surface area contributed by atoms with Crippen LogP contribution in [0.3, 0.4) is 0 Å². The van der Waals surface area contributed by atoms with Crippen molar-refractivity contribution >= 4 is 21.8 Å². The minimum atomic E-state index is -4.85. The van der Waals surface area contributed by atoms with Crippen molar-refractivity contribution in [2.45, 2.75) is 11.8 Å². The van der Waals surface area contributed by atoms with Crippen molar-refractivity contribution in [2.24, 2.45) is 0 Å². The third-order valence-electron chi connectivity index (χ3n) is 2.13. The summed E-state index contributed by atoms with van der Waals surface area (Å²) in [6.07, 6.45) is 0.760. The second kappa shape index (κ2) is 5.53. The van der Waals surface area contributed by atoms with Gasteiger partial charge in [0.2, 0.25) is 5.60 Å². The molecule has 0 aliphatic carbocycles. The monoisotopic (exact) mass is 350 g/mol.